The van der Waals surface area contributed by atoms with E-state index in [2.05, 4.69) is 58.5 Å². The molecule has 3 heteroatoms. The Balaban J connectivity index is 1.74. The van der Waals surface area contributed by atoms with E-state index >= 15 is 0 Å². The van der Waals surface area contributed by atoms with Gasteiger partial charge in [0.1, 0.15) is 5.75 Å². The lowest BCUT2D eigenvalue weighted by molar-refractivity contribution is 0.414. The van der Waals surface area contributed by atoms with Crippen LogP contribution in [0.4, 0.5) is 5.69 Å². The Hall–Kier alpha value is -1.48. The lowest BCUT2D eigenvalue weighted by Crippen LogP contribution is -2.27. The first-order valence-corrected chi connectivity index (χ1v) is 8.13. The average molecular weight is 346 g/mol. The molecule has 110 valence electrons. The van der Waals surface area contributed by atoms with Crippen molar-refractivity contribution < 1.29 is 4.74 Å². The highest BCUT2D eigenvalue weighted by atomic mass is 79.9. The molecule has 0 aromatic heterocycles. The predicted molar refractivity (Wildman–Crippen MR) is 91.3 cm³/mol. The largest absolute Gasteiger partial charge is 0.497 e. The highest BCUT2D eigenvalue weighted by molar-refractivity contribution is 9.10. The minimum absolute atomic E-state index is 0.505. The Morgan fingerprint density at radius 2 is 2.00 bits per heavy atom. The number of ether oxygens (including phenoxy) is 1. The normalized spacial score (nSPS) is 17.2. The number of rotatable bonds is 3. The van der Waals surface area contributed by atoms with Crippen LogP contribution in [0.15, 0.2) is 40.9 Å². The van der Waals surface area contributed by atoms with E-state index < -0.39 is 0 Å². The van der Waals surface area contributed by atoms with Gasteiger partial charge in [0.25, 0.3) is 0 Å². The molecule has 0 saturated heterocycles. The van der Waals surface area contributed by atoms with Gasteiger partial charge in [-0.15, -0.1) is 0 Å². The van der Waals surface area contributed by atoms with Crippen LogP contribution in [0.5, 0.6) is 5.75 Å². The van der Waals surface area contributed by atoms with Crippen LogP contribution in [0.25, 0.3) is 0 Å². The number of halogens is 1. The van der Waals surface area contributed by atoms with Gasteiger partial charge in [0, 0.05) is 16.2 Å². The van der Waals surface area contributed by atoms with E-state index in [-0.39, 0.29) is 0 Å². The van der Waals surface area contributed by atoms with Crippen LogP contribution in [-0.2, 0) is 12.8 Å². The molecule has 2 nitrogen and oxygen atoms in total. The SMILES string of the molecule is COc1ccc(NC2CCc3cc(Br)ccc3C2)c(C)c1. The van der Waals surface area contributed by atoms with E-state index in [0.717, 1.165) is 18.6 Å². The highest BCUT2D eigenvalue weighted by Crippen LogP contribution is 2.28. The highest BCUT2D eigenvalue weighted by Gasteiger charge is 2.19. The molecule has 21 heavy (non-hydrogen) atoms. The van der Waals surface area contributed by atoms with Crippen molar-refractivity contribution in [3.8, 4) is 5.75 Å². The maximum atomic E-state index is 5.27. The lowest BCUT2D eigenvalue weighted by Gasteiger charge is -2.27. The summed E-state index contributed by atoms with van der Waals surface area (Å²) in [5, 5.41) is 3.69. The second-order valence-corrected chi connectivity index (χ2v) is 6.59. The topological polar surface area (TPSA) is 21.3 Å². The van der Waals surface area contributed by atoms with Crippen molar-refractivity contribution in [3.63, 3.8) is 0 Å². The monoisotopic (exact) mass is 345 g/mol. The van der Waals surface area contributed by atoms with E-state index in [9.17, 15) is 0 Å². The summed E-state index contributed by atoms with van der Waals surface area (Å²) in [4.78, 5) is 0. The summed E-state index contributed by atoms with van der Waals surface area (Å²) in [6.45, 7) is 2.12. The van der Waals surface area contributed by atoms with Gasteiger partial charge in [0.2, 0.25) is 0 Å². The fraction of sp³-hybridized carbons (Fsp3) is 0.333. The van der Waals surface area contributed by atoms with Gasteiger partial charge in [-0.05, 0) is 73.2 Å². The number of anilines is 1. The predicted octanol–water partition coefficient (Wildman–Crippen LogP) is 4.74. The molecule has 3 rings (SSSR count). The van der Waals surface area contributed by atoms with Crippen LogP contribution in [0.2, 0.25) is 0 Å². The first-order chi connectivity index (χ1) is 10.2. The minimum Gasteiger partial charge on any atom is -0.497 e. The molecule has 1 aliphatic rings. The molecule has 0 amide bonds. The van der Waals surface area contributed by atoms with Gasteiger partial charge in [-0.3, -0.25) is 0 Å². The van der Waals surface area contributed by atoms with Crippen molar-refractivity contribution in [2.75, 3.05) is 12.4 Å². The van der Waals surface area contributed by atoms with Crippen molar-refractivity contribution in [2.45, 2.75) is 32.2 Å². The number of methoxy groups -OCH3 is 1. The summed E-state index contributed by atoms with van der Waals surface area (Å²) in [7, 11) is 1.71. The number of aryl methyl sites for hydroxylation is 2. The zero-order chi connectivity index (χ0) is 14.8. The summed E-state index contributed by atoms with van der Waals surface area (Å²) in [5.41, 5.74) is 5.39. The number of hydrogen-bond donors (Lipinski definition) is 1. The number of benzene rings is 2. The van der Waals surface area contributed by atoms with Crippen molar-refractivity contribution in [2.24, 2.45) is 0 Å². The summed E-state index contributed by atoms with van der Waals surface area (Å²) >= 11 is 3.55. The van der Waals surface area contributed by atoms with Gasteiger partial charge in [0.15, 0.2) is 0 Å². The van der Waals surface area contributed by atoms with Gasteiger partial charge in [0.05, 0.1) is 7.11 Å². The number of hydrogen-bond acceptors (Lipinski definition) is 2. The molecule has 1 aliphatic carbocycles. The molecule has 1 unspecified atom stereocenters. The van der Waals surface area contributed by atoms with Crippen molar-refractivity contribution in [1.82, 2.24) is 0 Å². The maximum absolute atomic E-state index is 5.27. The first-order valence-electron chi connectivity index (χ1n) is 7.34. The molecule has 0 heterocycles. The molecule has 0 aliphatic heterocycles. The van der Waals surface area contributed by atoms with Crippen LogP contribution in [0.3, 0.4) is 0 Å². The second kappa shape index (κ2) is 6.10. The molecule has 0 bridgehead atoms. The molecular formula is C18H20BrNO. The quantitative estimate of drug-likeness (QED) is 0.867. The molecule has 1 N–H and O–H groups in total. The fourth-order valence-corrected chi connectivity index (χ4v) is 3.40. The molecule has 0 radical (unpaired) electrons. The second-order valence-electron chi connectivity index (χ2n) is 5.68. The summed E-state index contributed by atoms with van der Waals surface area (Å²) in [5.74, 6) is 0.914. The third-order valence-corrected chi connectivity index (χ3v) is 4.68. The third kappa shape index (κ3) is 3.24. The lowest BCUT2D eigenvalue weighted by atomic mass is 9.88. The van der Waals surface area contributed by atoms with E-state index in [1.807, 2.05) is 6.07 Å². The third-order valence-electron chi connectivity index (χ3n) is 4.19. The Kier molecular flexibility index (Phi) is 4.20. The zero-order valence-corrected chi connectivity index (χ0v) is 14.0. The average Bonchev–Trinajstić information content (AvgIpc) is 2.49. The Bertz CT molecular complexity index is 654. The standard InChI is InChI=1S/C18H20BrNO/c1-12-9-17(21-2)7-8-18(12)20-16-6-4-13-10-15(19)5-3-14(13)11-16/h3,5,7-10,16,20H,4,6,11H2,1-2H3. The summed E-state index contributed by atoms with van der Waals surface area (Å²) < 4.78 is 6.44. The molecule has 2 aromatic carbocycles. The molecule has 0 saturated carbocycles. The van der Waals surface area contributed by atoms with E-state index in [1.165, 1.54) is 33.3 Å². The molecule has 1 atom stereocenters. The van der Waals surface area contributed by atoms with Crippen molar-refractivity contribution in [3.05, 3.63) is 57.6 Å². The van der Waals surface area contributed by atoms with Crippen LogP contribution in [0, 0.1) is 6.92 Å². The van der Waals surface area contributed by atoms with Gasteiger partial charge in [-0.2, -0.15) is 0 Å². The molecule has 2 aromatic rings. The maximum Gasteiger partial charge on any atom is 0.119 e. The Morgan fingerprint density at radius 3 is 2.76 bits per heavy atom. The first kappa shape index (κ1) is 14.5. The van der Waals surface area contributed by atoms with Gasteiger partial charge in [-0.25, -0.2) is 0 Å². The molecule has 0 spiro atoms. The smallest absolute Gasteiger partial charge is 0.119 e. The van der Waals surface area contributed by atoms with Gasteiger partial charge in [-0.1, -0.05) is 22.0 Å². The zero-order valence-electron chi connectivity index (χ0n) is 12.4. The minimum atomic E-state index is 0.505. The molecule has 0 fully saturated rings. The Morgan fingerprint density at radius 1 is 1.14 bits per heavy atom. The molecular weight excluding hydrogens is 326 g/mol. The van der Waals surface area contributed by atoms with Crippen molar-refractivity contribution >= 4 is 21.6 Å². The van der Waals surface area contributed by atoms with Crippen LogP contribution >= 0.6 is 15.9 Å². The van der Waals surface area contributed by atoms with E-state index in [1.54, 1.807) is 7.11 Å². The van der Waals surface area contributed by atoms with E-state index in [0.29, 0.717) is 6.04 Å². The van der Waals surface area contributed by atoms with Gasteiger partial charge >= 0.3 is 0 Å². The van der Waals surface area contributed by atoms with E-state index in [4.69, 9.17) is 4.74 Å². The Labute approximate surface area is 134 Å². The summed E-state index contributed by atoms with van der Waals surface area (Å²) in [6, 6.07) is 13.4. The van der Waals surface area contributed by atoms with Crippen LogP contribution in [0.1, 0.15) is 23.1 Å². The van der Waals surface area contributed by atoms with Crippen LogP contribution < -0.4 is 10.1 Å². The summed E-state index contributed by atoms with van der Waals surface area (Å²) in [6.07, 6.45) is 3.41. The van der Waals surface area contributed by atoms with Gasteiger partial charge < -0.3 is 10.1 Å². The van der Waals surface area contributed by atoms with Crippen LogP contribution in [-0.4, -0.2) is 13.2 Å². The number of nitrogens with one attached hydrogen (secondary N) is 1. The number of fused-ring (bicyclic) bond motifs is 1. The van der Waals surface area contributed by atoms with Crippen molar-refractivity contribution in [1.29, 1.82) is 0 Å². The fourth-order valence-electron chi connectivity index (χ4n) is 2.99.